The zero-order valence-electron chi connectivity index (χ0n) is 12.3. The summed E-state index contributed by atoms with van der Waals surface area (Å²) in [6.45, 7) is 0.587. The van der Waals surface area contributed by atoms with Crippen LogP contribution in [0.4, 0.5) is 18.9 Å². The van der Waals surface area contributed by atoms with Gasteiger partial charge in [-0.05, 0) is 24.3 Å². The molecule has 9 heteroatoms. The van der Waals surface area contributed by atoms with E-state index in [0.717, 1.165) is 0 Å². The van der Waals surface area contributed by atoms with Gasteiger partial charge < -0.3 is 10.1 Å². The highest BCUT2D eigenvalue weighted by Crippen LogP contribution is 2.24. The number of ether oxygens (including phenoxy) is 1. The van der Waals surface area contributed by atoms with Gasteiger partial charge in [0.15, 0.2) is 5.65 Å². The van der Waals surface area contributed by atoms with Crippen molar-refractivity contribution in [3.8, 4) is 5.75 Å². The van der Waals surface area contributed by atoms with Crippen LogP contribution in [0, 0.1) is 0 Å². The van der Waals surface area contributed by atoms with Crippen LogP contribution in [0.15, 0.2) is 53.5 Å². The van der Waals surface area contributed by atoms with E-state index in [9.17, 15) is 18.0 Å². The van der Waals surface area contributed by atoms with Crippen molar-refractivity contribution in [3.63, 3.8) is 0 Å². The largest absolute Gasteiger partial charge is 0.573 e. The third-order valence-electron chi connectivity index (χ3n) is 3.21. The van der Waals surface area contributed by atoms with Gasteiger partial charge in [0.05, 0.1) is 6.54 Å². The number of nitrogens with one attached hydrogen (secondary N) is 1. The summed E-state index contributed by atoms with van der Waals surface area (Å²) in [6, 6.07) is 10.7. The number of benzene rings is 1. The third kappa shape index (κ3) is 3.67. The van der Waals surface area contributed by atoms with Crippen LogP contribution in [-0.2, 0) is 6.54 Å². The number of hydrogen-bond acceptors (Lipinski definition) is 4. The second kappa shape index (κ2) is 6.26. The SMILES string of the molecule is O=c1n(CCNc2cccc(OC(F)(F)F)c2)nc2ccccn12. The summed E-state index contributed by atoms with van der Waals surface area (Å²) in [5.41, 5.74) is 0.707. The number of anilines is 1. The van der Waals surface area contributed by atoms with Crippen LogP contribution >= 0.6 is 0 Å². The van der Waals surface area contributed by atoms with E-state index in [2.05, 4.69) is 15.2 Å². The molecule has 126 valence electrons. The Balaban J connectivity index is 1.65. The molecule has 6 nitrogen and oxygen atoms in total. The quantitative estimate of drug-likeness (QED) is 0.777. The Hall–Kier alpha value is -2.97. The summed E-state index contributed by atoms with van der Waals surface area (Å²) in [6.07, 6.45) is -3.12. The predicted octanol–water partition coefficient (Wildman–Crippen LogP) is 2.51. The number of hydrogen-bond donors (Lipinski definition) is 1. The van der Waals surface area contributed by atoms with E-state index in [0.29, 0.717) is 17.9 Å². The van der Waals surface area contributed by atoms with E-state index in [4.69, 9.17) is 0 Å². The van der Waals surface area contributed by atoms with Crippen LogP contribution in [0.2, 0.25) is 0 Å². The van der Waals surface area contributed by atoms with Crippen LogP contribution in [-0.4, -0.2) is 27.1 Å². The summed E-state index contributed by atoms with van der Waals surface area (Å²) >= 11 is 0. The van der Waals surface area contributed by atoms with Gasteiger partial charge in [0.25, 0.3) is 0 Å². The second-order valence-electron chi connectivity index (χ2n) is 4.94. The molecule has 24 heavy (non-hydrogen) atoms. The molecule has 1 aromatic carbocycles. The number of alkyl halides is 3. The number of halogens is 3. The molecule has 2 heterocycles. The van der Waals surface area contributed by atoms with Crippen LogP contribution in [0.1, 0.15) is 0 Å². The lowest BCUT2D eigenvalue weighted by Gasteiger charge is -2.11. The highest BCUT2D eigenvalue weighted by atomic mass is 19.4. The molecule has 0 spiro atoms. The smallest absolute Gasteiger partial charge is 0.406 e. The molecule has 1 N–H and O–H groups in total. The molecule has 0 aliphatic carbocycles. The maximum atomic E-state index is 12.2. The van der Waals surface area contributed by atoms with Gasteiger partial charge >= 0.3 is 12.1 Å². The number of aromatic nitrogens is 3. The maximum Gasteiger partial charge on any atom is 0.573 e. The summed E-state index contributed by atoms with van der Waals surface area (Å²) in [4.78, 5) is 12.1. The molecule has 3 rings (SSSR count). The normalized spacial score (nSPS) is 11.6. The number of pyridine rings is 1. The molecule has 3 aromatic rings. The molecule has 0 unspecified atom stereocenters. The monoisotopic (exact) mass is 338 g/mol. The minimum atomic E-state index is -4.73. The van der Waals surface area contributed by atoms with Crippen LogP contribution < -0.4 is 15.7 Å². The first-order chi connectivity index (χ1) is 11.4. The number of rotatable bonds is 5. The number of fused-ring (bicyclic) bond motifs is 1. The standard InChI is InChI=1S/C15H13F3N4O2/c16-15(17,18)24-12-5-3-4-11(10-12)19-7-9-22-14(23)21-8-2-1-6-13(21)20-22/h1-6,8,10,19H,7,9H2. The lowest BCUT2D eigenvalue weighted by molar-refractivity contribution is -0.274. The highest BCUT2D eigenvalue weighted by molar-refractivity contribution is 5.48. The van der Waals surface area contributed by atoms with Gasteiger partial charge in [-0.3, -0.25) is 4.40 Å². The predicted molar refractivity (Wildman–Crippen MR) is 81.1 cm³/mol. The minimum Gasteiger partial charge on any atom is -0.406 e. The maximum absolute atomic E-state index is 12.2. The highest BCUT2D eigenvalue weighted by Gasteiger charge is 2.31. The van der Waals surface area contributed by atoms with Crippen molar-refractivity contribution in [3.05, 3.63) is 59.1 Å². The fraction of sp³-hybridized carbons (Fsp3) is 0.200. The van der Waals surface area contributed by atoms with E-state index in [1.54, 1.807) is 30.5 Å². The Labute approximate surface area is 134 Å². The van der Waals surface area contributed by atoms with Gasteiger partial charge in [-0.15, -0.1) is 18.3 Å². The first-order valence-electron chi connectivity index (χ1n) is 7.06. The van der Waals surface area contributed by atoms with Gasteiger partial charge in [-0.25, -0.2) is 9.48 Å². The molecule has 0 saturated heterocycles. The van der Waals surface area contributed by atoms with Gasteiger partial charge in [0.2, 0.25) is 0 Å². The van der Waals surface area contributed by atoms with Gasteiger partial charge in [-0.1, -0.05) is 12.1 Å². The third-order valence-corrected chi connectivity index (χ3v) is 3.21. The Kier molecular flexibility index (Phi) is 4.15. The lowest BCUT2D eigenvalue weighted by atomic mass is 10.3. The first kappa shape index (κ1) is 15.9. The molecule has 2 aromatic heterocycles. The second-order valence-corrected chi connectivity index (χ2v) is 4.94. The molecule has 0 saturated carbocycles. The van der Waals surface area contributed by atoms with Gasteiger partial charge in [-0.2, -0.15) is 0 Å². The van der Waals surface area contributed by atoms with E-state index in [1.165, 1.54) is 27.3 Å². The van der Waals surface area contributed by atoms with Crippen molar-refractivity contribution in [2.24, 2.45) is 0 Å². The molecule has 0 fully saturated rings. The summed E-state index contributed by atoms with van der Waals surface area (Å²) in [7, 11) is 0. The van der Waals surface area contributed by atoms with Crippen molar-refractivity contribution < 1.29 is 17.9 Å². The lowest BCUT2D eigenvalue weighted by Crippen LogP contribution is -2.24. The fourth-order valence-electron chi connectivity index (χ4n) is 2.22. The van der Waals surface area contributed by atoms with Gasteiger partial charge in [0, 0.05) is 24.5 Å². The molecule has 0 bridgehead atoms. The fourth-order valence-corrected chi connectivity index (χ4v) is 2.22. The zero-order chi connectivity index (χ0) is 17.2. The Morgan fingerprint density at radius 3 is 2.75 bits per heavy atom. The van der Waals surface area contributed by atoms with Crippen molar-refractivity contribution >= 4 is 11.3 Å². The molecule has 0 amide bonds. The molecule has 0 aliphatic rings. The van der Waals surface area contributed by atoms with Crippen molar-refractivity contribution in [2.45, 2.75) is 12.9 Å². The van der Waals surface area contributed by atoms with E-state index >= 15 is 0 Å². The van der Waals surface area contributed by atoms with Gasteiger partial charge in [0.1, 0.15) is 5.75 Å². The molecule has 0 radical (unpaired) electrons. The molecular formula is C15H13F3N4O2. The summed E-state index contributed by atoms with van der Waals surface area (Å²) in [5, 5.41) is 7.10. The van der Waals surface area contributed by atoms with Crippen molar-refractivity contribution in [1.29, 1.82) is 0 Å². The zero-order valence-corrected chi connectivity index (χ0v) is 12.3. The molecule has 0 atom stereocenters. The van der Waals surface area contributed by atoms with Crippen molar-refractivity contribution in [1.82, 2.24) is 14.2 Å². The Bertz CT molecular complexity index is 901. The average molecular weight is 338 g/mol. The van der Waals surface area contributed by atoms with Crippen LogP contribution in [0.3, 0.4) is 0 Å². The molecule has 0 aliphatic heterocycles. The summed E-state index contributed by atoms with van der Waals surface area (Å²) < 4.78 is 43.2. The Morgan fingerprint density at radius 1 is 1.17 bits per heavy atom. The average Bonchev–Trinajstić information content (AvgIpc) is 2.83. The van der Waals surface area contributed by atoms with Crippen LogP contribution in [0.25, 0.3) is 5.65 Å². The first-order valence-corrected chi connectivity index (χ1v) is 7.06. The molecular weight excluding hydrogens is 325 g/mol. The van der Waals surface area contributed by atoms with Crippen LogP contribution in [0.5, 0.6) is 5.75 Å². The van der Waals surface area contributed by atoms with E-state index in [-0.39, 0.29) is 18.0 Å². The topological polar surface area (TPSA) is 60.6 Å². The van der Waals surface area contributed by atoms with E-state index in [1.807, 2.05) is 0 Å². The number of nitrogens with zero attached hydrogens (tertiary/aromatic N) is 3. The van der Waals surface area contributed by atoms with E-state index < -0.39 is 6.36 Å². The Morgan fingerprint density at radius 2 is 2.00 bits per heavy atom. The minimum absolute atomic E-state index is 0.269. The van der Waals surface area contributed by atoms with Crippen molar-refractivity contribution in [2.75, 3.05) is 11.9 Å². The summed E-state index contributed by atoms with van der Waals surface area (Å²) in [5.74, 6) is -0.308.